The molecular formula is C12H13NOS2. The van der Waals surface area contributed by atoms with E-state index in [1.807, 2.05) is 36.6 Å². The van der Waals surface area contributed by atoms with Gasteiger partial charge >= 0.3 is 0 Å². The molecule has 2 aromatic rings. The van der Waals surface area contributed by atoms with Gasteiger partial charge < -0.3 is 5.11 Å². The van der Waals surface area contributed by atoms with E-state index >= 15 is 0 Å². The van der Waals surface area contributed by atoms with Crippen molar-refractivity contribution in [3.05, 3.63) is 40.9 Å². The quantitative estimate of drug-likeness (QED) is 0.903. The highest BCUT2D eigenvalue weighted by Gasteiger charge is 2.03. The topological polar surface area (TPSA) is 33.1 Å². The Hall–Kier alpha value is -0.840. The lowest BCUT2D eigenvalue weighted by molar-refractivity contribution is 0.199. The molecule has 1 aromatic heterocycles. The van der Waals surface area contributed by atoms with E-state index in [1.165, 1.54) is 0 Å². The molecule has 2 nitrogen and oxygen atoms in total. The van der Waals surface area contributed by atoms with Gasteiger partial charge in [-0.2, -0.15) is 0 Å². The monoisotopic (exact) mass is 251 g/mol. The van der Waals surface area contributed by atoms with Crippen LogP contribution >= 0.6 is 23.1 Å². The summed E-state index contributed by atoms with van der Waals surface area (Å²) in [6.45, 7) is 3.77. The molecule has 1 unspecified atom stereocenters. The summed E-state index contributed by atoms with van der Waals surface area (Å²) < 4.78 is 1.06. The van der Waals surface area contributed by atoms with Crippen molar-refractivity contribution in [3.63, 3.8) is 0 Å². The maximum Gasteiger partial charge on any atom is 0.154 e. The molecule has 0 fully saturated rings. The van der Waals surface area contributed by atoms with Gasteiger partial charge in [0.25, 0.3) is 0 Å². The molecule has 0 saturated heterocycles. The van der Waals surface area contributed by atoms with E-state index in [-0.39, 0.29) is 0 Å². The molecule has 0 radical (unpaired) electrons. The first-order chi connectivity index (χ1) is 7.65. The maximum absolute atomic E-state index is 9.39. The van der Waals surface area contributed by atoms with Crippen LogP contribution in [-0.2, 0) is 0 Å². The number of aliphatic hydroxyl groups is 1. The van der Waals surface area contributed by atoms with Crippen molar-refractivity contribution in [1.82, 2.24) is 4.98 Å². The third-order valence-electron chi connectivity index (χ3n) is 2.17. The molecule has 0 bridgehead atoms. The first-order valence-corrected chi connectivity index (χ1v) is 6.73. The van der Waals surface area contributed by atoms with Crippen LogP contribution in [0.1, 0.15) is 24.3 Å². The average molecular weight is 251 g/mol. The van der Waals surface area contributed by atoms with Gasteiger partial charge in [-0.25, -0.2) is 4.98 Å². The van der Waals surface area contributed by atoms with Crippen LogP contribution in [0.3, 0.4) is 0 Å². The summed E-state index contributed by atoms with van der Waals surface area (Å²) in [5, 5.41) is 11.4. The van der Waals surface area contributed by atoms with E-state index in [2.05, 4.69) is 4.98 Å². The molecule has 1 atom stereocenters. The van der Waals surface area contributed by atoms with E-state index in [0.717, 1.165) is 20.5 Å². The molecule has 0 saturated carbocycles. The van der Waals surface area contributed by atoms with Gasteiger partial charge in [0.15, 0.2) is 4.34 Å². The largest absolute Gasteiger partial charge is 0.389 e. The number of nitrogens with zero attached hydrogens (tertiary/aromatic N) is 1. The third-order valence-corrected chi connectivity index (χ3v) is 4.23. The number of hydrogen-bond donors (Lipinski definition) is 1. The van der Waals surface area contributed by atoms with Crippen molar-refractivity contribution in [2.75, 3.05) is 0 Å². The standard InChI is InChI=1S/C12H13NOS2/c1-8-7-15-12(13-8)16-11-5-3-10(4-6-11)9(2)14/h3-7,9,14H,1-2H3. The summed E-state index contributed by atoms with van der Waals surface area (Å²) in [7, 11) is 0. The fourth-order valence-electron chi connectivity index (χ4n) is 1.29. The van der Waals surface area contributed by atoms with Gasteiger partial charge in [-0.1, -0.05) is 23.9 Å². The number of aromatic nitrogens is 1. The maximum atomic E-state index is 9.39. The molecular weight excluding hydrogens is 238 g/mol. The lowest BCUT2D eigenvalue weighted by atomic mass is 10.1. The van der Waals surface area contributed by atoms with Gasteiger partial charge in [0.2, 0.25) is 0 Å². The lowest BCUT2D eigenvalue weighted by Crippen LogP contribution is -1.89. The number of benzene rings is 1. The van der Waals surface area contributed by atoms with Crippen molar-refractivity contribution in [2.45, 2.75) is 29.2 Å². The highest BCUT2D eigenvalue weighted by molar-refractivity contribution is 8.01. The summed E-state index contributed by atoms with van der Waals surface area (Å²) in [6.07, 6.45) is -0.402. The van der Waals surface area contributed by atoms with Crippen LogP contribution in [0.5, 0.6) is 0 Å². The highest BCUT2D eigenvalue weighted by Crippen LogP contribution is 2.30. The van der Waals surface area contributed by atoms with Crippen molar-refractivity contribution in [1.29, 1.82) is 0 Å². The first-order valence-electron chi connectivity index (χ1n) is 5.03. The predicted octanol–water partition coefficient (Wildman–Crippen LogP) is 3.66. The Morgan fingerprint density at radius 1 is 1.31 bits per heavy atom. The van der Waals surface area contributed by atoms with Crippen molar-refractivity contribution >= 4 is 23.1 Å². The second-order valence-electron chi connectivity index (χ2n) is 3.60. The Kier molecular flexibility index (Phi) is 3.63. The van der Waals surface area contributed by atoms with Gasteiger partial charge in [-0.15, -0.1) is 11.3 Å². The average Bonchev–Trinajstić information content (AvgIpc) is 2.65. The summed E-state index contributed by atoms with van der Waals surface area (Å²) in [4.78, 5) is 5.55. The molecule has 1 aromatic carbocycles. The van der Waals surface area contributed by atoms with Crippen LogP contribution in [-0.4, -0.2) is 10.1 Å². The Labute approximate surface area is 103 Å². The minimum absolute atomic E-state index is 0.402. The second-order valence-corrected chi connectivity index (χ2v) is 5.78. The van der Waals surface area contributed by atoms with Gasteiger partial charge in [0.05, 0.1) is 6.10 Å². The van der Waals surface area contributed by atoms with E-state index in [1.54, 1.807) is 30.0 Å². The Balaban J connectivity index is 2.11. The summed E-state index contributed by atoms with van der Waals surface area (Å²) >= 11 is 3.31. The molecule has 0 amide bonds. The van der Waals surface area contributed by atoms with Crippen LogP contribution in [0.15, 0.2) is 38.9 Å². The zero-order valence-electron chi connectivity index (χ0n) is 9.18. The number of rotatable bonds is 3. The van der Waals surface area contributed by atoms with Gasteiger partial charge in [-0.05, 0) is 31.5 Å². The second kappa shape index (κ2) is 4.99. The van der Waals surface area contributed by atoms with Crippen molar-refractivity contribution in [3.8, 4) is 0 Å². The van der Waals surface area contributed by atoms with Crippen LogP contribution in [0, 0.1) is 6.92 Å². The Morgan fingerprint density at radius 3 is 2.50 bits per heavy atom. The zero-order valence-corrected chi connectivity index (χ0v) is 10.8. The normalized spacial score (nSPS) is 12.7. The minimum atomic E-state index is -0.402. The number of hydrogen-bond acceptors (Lipinski definition) is 4. The summed E-state index contributed by atoms with van der Waals surface area (Å²) in [5.74, 6) is 0. The SMILES string of the molecule is Cc1csc(Sc2ccc(C(C)O)cc2)n1. The fraction of sp³-hybridized carbons (Fsp3) is 0.250. The van der Waals surface area contributed by atoms with E-state index in [9.17, 15) is 5.11 Å². The molecule has 84 valence electrons. The highest BCUT2D eigenvalue weighted by atomic mass is 32.2. The predicted molar refractivity (Wildman–Crippen MR) is 68.0 cm³/mol. The molecule has 4 heteroatoms. The van der Waals surface area contributed by atoms with Gasteiger partial charge in [0.1, 0.15) is 0 Å². The molecule has 0 aliphatic heterocycles. The molecule has 0 spiro atoms. The Bertz CT molecular complexity index is 462. The van der Waals surface area contributed by atoms with Crippen LogP contribution in [0.2, 0.25) is 0 Å². The minimum Gasteiger partial charge on any atom is -0.389 e. The van der Waals surface area contributed by atoms with Gasteiger partial charge in [0, 0.05) is 16.0 Å². The lowest BCUT2D eigenvalue weighted by Gasteiger charge is -2.04. The molecule has 0 aliphatic carbocycles. The number of aryl methyl sites for hydroxylation is 1. The summed E-state index contributed by atoms with van der Waals surface area (Å²) in [6, 6.07) is 7.94. The van der Waals surface area contributed by atoms with Crippen LogP contribution in [0.4, 0.5) is 0 Å². The van der Waals surface area contributed by atoms with E-state index in [0.29, 0.717) is 0 Å². The fourth-order valence-corrected chi connectivity index (χ4v) is 3.10. The van der Waals surface area contributed by atoms with Crippen LogP contribution in [0.25, 0.3) is 0 Å². The molecule has 2 rings (SSSR count). The molecule has 1 N–H and O–H groups in total. The number of thiazole rings is 1. The van der Waals surface area contributed by atoms with Crippen molar-refractivity contribution in [2.24, 2.45) is 0 Å². The number of aliphatic hydroxyl groups excluding tert-OH is 1. The van der Waals surface area contributed by atoms with Gasteiger partial charge in [-0.3, -0.25) is 0 Å². The van der Waals surface area contributed by atoms with Crippen LogP contribution < -0.4 is 0 Å². The molecule has 0 aliphatic rings. The van der Waals surface area contributed by atoms with Crippen molar-refractivity contribution < 1.29 is 5.11 Å². The Morgan fingerprint density at radius 2 is 2.00 bits per heavy atom. The third kappa shape index (κ3) is 2.84. The zero-order chi connectivity index (χ0) is 11.5. The molecule has 16 heavy (non-hydrogen) atoms. The smallest absolute Gasteiger partial charge is 0.154 e. The molecule has 1 heterocycles. The first kappa shape index (κ1) is 11.6. The summed E-state index contributed by atoms with van der Waals surface area (Å²) in [5.41, 5.74) is 2.01. The van der Waals surface area contributed by atoms with E-state index in [4.69, 9.17) is 0 Å². The van der Waals surface area contributed by atoms with E-state index < -0.39 is 6.10 Å².